The van der Waals surface area contributed by atoms with Crippen molar-refractivity contribution in [3.05, 3.63) is 23.9 Å². The number of likely N-dealkylation sites (N-methyl/N-ethyl adjacent to an activating group) is 2. The molecule has 0 amide bonds. The van der Waals surface area contributed by atoms with E-state index in [1.165, 1.54) is 19.4 Å². The first-order valence-electron chi connectivity index (χ1n) is 6.64. The molecule has 4 nitrogen and oxygen atoms in total. The molecule has 0 radical (unpaired) electrons. The van der Waals surface area contributed by atoms with Crippen LogP contribution in [0.3, 0.4) is 0 Å². The van der Waals surface area contributed by atoms with Gasteiger partial charge in [-0.1, -0.05) is 6.07 Å². The normalized spacial score (nSPS) is 22.1. The van der Waals surface area contributed by atoms with E-state index >= 15 is 0 Å². The summed E-state index contributed by atoms with van der Waals surface area (Å²) in [5.41, 5.74) is 0.903. The molecule has 2 atom stereocenters. The first-order valence-corrected chi connectivity index (χ1v) is 6.64. The average molecular weight is 249 g/mol. The van der Waals surface area contributed by atoms with Gasteiger partial charge in [-0.05, 0) is 39.4 Å². The van der Waals surface area contributed by atoms with Crippen molar-refractivity contribution in [1.82, 2.24) is 9.88 Å². The molecule has 0 spiro atoms. The quantitative estimate of drug-likeness (QED) is 0.881. The monoisotopic (exact) mass is 249 g/mol. The van der Waals surface area contributed by atoms with Crippen LogP contribution in [0.15, 0.2) is 18.3 Å². The van der Waals surface area contributed by atoms with Crippen molar-refractivity contribution in [2.45, 2.75) is 31.9 Å². The van der Waals surface area contributed by atoms with Gasteiger partial charge in [0.25, 0.3) is 0 Å². The standard InChI is InChI=1S/C14H23N3O/c1-11(18)13-7-4-8-15-14(13)17(3)10-12-6-5-9-16(12)2/h4,7-8,11-12,18H,5-6,9-10H2,1-3H3/t11-,12?/m1/s1. The maximum absolute atomic E-state index is 9.79. The van der Waals surface area contributed by atoms with Crippen LogP contribution in [-0.4, -0.2) is 48.2 Å². The summed E-state index contributed by atoms with van der Waals surface area (Å²) in [6.07, 6.45) is 3.84. The summed E-state index contributed by atoms with van der Waals surface area (Å²) in [6.45, 7) is 3.94. The van der Waals surface area contributed by atoms with Gasteiger partial charge in [0.2, 0.25) is 0 Å². The molecule has 1 aromatic rings. The van der Waals surface area contributed by atoms with E-state index in [9.17, 15) is 5.11 Å². The van der Waals surface area contributed by atoms with E-state index in [4.69, 9.17) is 0 Å². The van der Waals surface area contributed by atoms with Gasteiger partial charge in [-0.25, -0.2) is 4.98 Å². The number of aromatic nitrogens is 1. The Morgan fingerprint density at radius 3 is 3.00 bits per heavy atom. The minimum absolute atomic E-state index is 0.475. The summed E-state index contributed by atoms with van der Waals surface area (Å²) in [5.74, 6) is 0.896. The van der Waals surface area contributed by atoms with E-state index in [0.29, 0.717) is 6.04 Å². The molecule has 100 valence electrons. The SMILES string of the molecule is C[C@@H](O)c1cccnc1N(C)CC1CCCN1C. The molecule has 18 heavy (non-hydrogen) atoms. The zero-order valence-electron chi connectivity index (χ0n) is 11.5. The van der Waals surface area contributed by atoms with Crippen molar-refractivity contribution in [2.24, 2.45) is 0 Å². The second-order valence-corrected chi connectivity index (χ2v) is 5.25. The summed E-state index contributed by atoms with van der Waals surface area (Å²) < 4.78 is 0. The van der Waals surface area contributed by atoms with Crippen molar-refractivity contribution in [3.8, 4) is 0 Å². The van der Waals surface area contributed by atoms with Crippen molar-refractivity contribution < 1.29 is 5.11 Å². The zero-order chi connectivity index (χ0) is 13.1. The van der Waals surface area contributed by atoms with Crippen molar-refractivity contribution in [2.75, 3.05) is 32.1 Å². The van der Waals surface area contributed by atoms with Crippen LogP contribution in [0.2, 0.25) is 0 Å². The molecule has 0 saturated carbocycles. The lowest BCUT2D eigenvalue weighted by Crippen LogP contribution is -2.37. The Kier molecular flexibility index (Phi) is 4.19. The number of likely N-dealkylation sites (tertiary alicyclic amines) is 1. The van der Waals surface area contributed by atoms with E-state index in [1.54, 1.807) is 13.1 Å². The number of nitrogens with zero attached hydrogens (tertiary/aromatic N) is 3. The van der Waals surface area contributed by atoms with Gasteiger partial charge in [-0.3, -0.25) is 0 Å². The zero-order valence-corrected chi connectivity index (χ0v) is 11.5. The first kappa shape index (κ1) is 13.3. The minimum Gasteiger partial charge on any atom is -0.389 e. The number of hydrogen-bond donors (Lipinski definition) is 1. The van der Waals surface area contributed by atoms with Crippen LogP contribution in [-0.2, 0) is 0 Å². The number of rotatable bonds is 4. The highest BCUT2D eigenvalue weighted by molar-refractivity contribution is 5.47. The molecule has 1 fully saturated rings. The number of anilines is 1. The van der Waals surface area contributed by atoms with Crippen LogP contribution in [0.1, 0.15) is 31.4 Å². The largest absolute Gasteiger partial charge is 0.389 e. The lowest BCUT2D eigenvalue weighted by Gasteiger charge is -2.28. The molecule has 2 rings (SSSR count). The smallest absolute Gasteiger partial charge is 0.134 e. The van der Waals surface area contributed by atoms with Crippen LogP contribution < -0.4 is 4.90 Å². The fourth-order valence-electron chi connectivity index (χ4n) is 2.67. The van der Waals surface area contributed by atoms with Gasteiger partial charge in [0.1, 0.15) is 5.82 Å². The third-order valence-corrected chi connectivity index (χ3v) is 3.78. The van der Waals surface area contributed by atoms with Gasteiger partial charge in [-0.2, -0.15) is 0 Å². The Morgan fingerprint density at radius 1 is 1.61 bits per heavy atom. The molecule has 1 unspecified atom stereocenters. The van der Waals surface area contributed by atoms with Crippen molar-refractivity contribution in [3.63, 3.8) is 0 Å². The van der Waals surface area contributed by atoms with E-state index in [2.05, 4.69) is 28.9 Å². The van der Waals surface area contributed by atoms with Crippen molar-refractivity contribution in [1.29, 1.82) is 0 Å². The van der Waals surface area contributed by atoms with Gasteiger partial charge in [0.05, 0.1) is 6.10 Å². The van der Waals surface area contributed by atoms with Gasteiger partial charge in [0.15, 0.2) is 0 Å². The number of aliphatic hydroxyl groups excluding tert-OH is 1. The Hall–Kier alpha value is -1.13. The van der Waals surface area contributed by atoms with Crippen molar-refractivity contribution >= 4 is 5.82 Å². The topological polar surface area (TPSA) is 39.6 Å². The maximum atomic E-state index is 9.79. The molecule has 4 heteroatoms. The molecule has 1 aliphatic rings. The summed E-state index contributed by atoms with van der Waals surface area (Å²) in [7, 11) is 4.24. The number of aliphatic hydroxyl groups is 1. The molecule has 0 aliphatic carbocycles. The van der Waals surface area contributed by atoms with Gasteiger partial charge in [0, 0.05) is 31.4 Å². The van der Waals surface area contributed by atoms with E-state index in [-0.39, 0.29) is 0 Å². The highest BCUT2D eigenvalue weighted by atomic mass is 16.3. The number of pyridine rings is 1. The van der Waals surface area contributed by atoms with Crippen LogP contribution in [0.25, 0.3) is 0 Å². The lowest BCUT2D eigenvalue weighted by molar-refractivity contribution is 0.199. The third kappa shape index (κ3) is 2.82. The minimum atomic E-state index is -0.475. The Balaban J connectivity index is 2.10. The van der Waals surface area contributed by atoms with Gasteiger partial charge >= 0.3 is 0 Å². The van der Waals surface area contributed by atoms with Crippen LogP contribution >= 0.6 is 0 Å². The number of hydrogen-bond acceptors (Lipinski definition) is 4. The van der Waals surface area contributed by atoms with E-state index in [1.807, 2.05) is 12.1 Å². The summed E-state index contributed by atoms with van der Waals surface area (Å²) >= 11 is 0. The highest BCUT2D eigenvalue weighted by Gasteiger charge is 2.23. The first-order chi connectivity index (χ1) is 8.59. The van der Waals surface area contributed by atoms with Gasteiger partial charge < -0.3 is 14.9 Å². The lowest BCUT2D eigenvalue weighted by atomic mass is 10.1. The fourth-order valence-corrected chi connectivity index (χ4v) is 2.67. The van der Waals surface area contributed by atoms with E-state index < -0.39 is 6.10 Å². The summed E-state index contributed by atoms with van der Waals surface area (Å²) in [4.78, 5) is 8.98. The van der Waals surface area contributed by atoms with Crippen LogP contribution in [0, 0.1) is 0 Å². The molecular weight excluding hydrogens is 226 g/mol. The molecule has 2 heterocycles. The van der Waals surface area contributed by atoms with Crippen LogP contribution in [0.4, 0.5) is 5.82 Å². The molecule has 1 aromatic heterocycles. The molecule has 0 aromatic carbocycles. The predicted molar refractivity (Wildman–Crippen MR) is 73.8 cm³/mol. The summed E-state index contributed by atoms with van der Waals surface area (Å²) in [5, 5.41) is 9.79. The van der Waals surface area contributed by atoms with E-state index in [0.717, 1.165) is 17.9 Å². The highest BCUT2D eigenvalue weighted by Crippen LogP contribution is 2.24. The molecular formula is C14H23N3O. The molecule has 1 aliphatic heterocycles. The Bertz CT molecular complexity index is 394. The molecule has 1 N–H and O–H groups in total. The Labute approximate surface area is 109 Å². The maximum Gasteiger partial charge on any atom is 0.134 e. The Morgan fingerprint density at radius 2 is 2.39 bits per heavy atom. The molecule has 1 saturated heterocycles. The predicted octanol–water partition coefficient (Wildman–Crippen LogP) is 1.67. The third-order valence-electron chi connectivity index (χ3n) is 3.78. The second kappa shape index (κ2) is 5.67. The fraction of sp³-hybridized carbons (Fsp3) is 0.643. The average Bonchev–Trinajstić information content (AvgIpc) is 2.75. The van der Waals surface area contributed by atoms with Gasteiger partial charge in [-0.15, -0.1) is 0 Å². The van der Waals surface area contributed by atoms with Crippen LogP contribution in [0.5, 0.6) is 0 Å². The molecule has 0 bridgehead atoms. The second-order valence-electron chi connectivity index (χ2n) is 5.25. The summed E-state index contributed by atoms with van der Waals surface area (Å²) in [6, 6.07) is 4.42.